The highest BCUT2D eigenvalue weighted by molar-refractivity contribution is 5.86. The van der Waals surface area contributed by atoms with Crippen LogP contribution in [0.2, 0.25) is 0 Å². The lowest BCUT2D eigenvalue weighted by Gasteiger charge is -2.22. The van der Waals surface area contributed by atoms with Crippen LogP contribution in [0.1, 0.15) is 37.4 Å². The Hall–Kier alpha value is -3.15. The van der Waals surface area contributed by atoms with E-state index in [1.54, 1.807) is 25.6 Å². The number of phenolic OH excluding ortho intramolecular Hbond substituents is 1. The molecule has 0 aliphatic carbocycles. The van der Waals surface area contributed by atoms with Gasteiger partial charge in [0.05, 0.1) is 13.2 Å². The molecule has 3 aromatic rings. The molecule has 0 radical (unpaired) electrons. The van der Waals surface area contributed by atoms with Crippen LogP contribution in [0.25, 0.3) is 10.9 Å². The van der Waals surface area contributed by atoms with Crippen LogP contribution in [0.4, 0.5) is 0 Å². The molecule has 0 spiro atoms. The zero-order chi connectivity index (χ0) is 19.4. The number of amides is 1. The smallest absolute Gasteiger partial charge is 0.221 e. The molecular formula is C21H23N3O3. The molecule has 140 valence electrons. The fraction of sp³-hybridized carbons (Fsp3) is 0.286. The second kappa shape index (κ2) is 8.03. The lowest BCUT2D eigenvalue weighted by molar-refractivity contribution is -0.122. The van der Waals surface area contributed by atoms with Crippen LogP contribution in [-0.2, 0) is 4.79 Å². The van der Waals surface area contributed by atoms with Crippen LogP contribution < -0.4 is 10.1 Å². The SMILES string of the molecule is COc1ccc(C(NC(=O)CC(C)C)c2ccc3cccnc3c2O)cn1. The summed E-state index contributed by atoms with van der Waals surface area (Å²) in [5, 5.41) is 14.7. The largest absolute Gasteiger partial charge is 0.505 e. The molecule has 6 nitrogen and oxygen atoms in total. The molecule has 1 amide bonds. The highest BCUT2D eigenvalue weighted by Crippen LogP contribution is 2.34. The Morgan fingerprint density at radius 2 is 2.00 bits per heavy atom. The molecule has 2 N–H and O–H groups in total. The lowest BCUT2D eigenvalue weighted by atomic mass is 9.97. The van der Waals surface area contributed by atoms with Gasteiger partial charge in [-0.25, -0.2) is 4.98 Å². The summed E-state index contributed by atoms with van der Waals surface area (Å²) in [7, 11) is 1.55. The molecule has 1 unspecified atom stereocenters. The molecule has 0 saturated heterocycles. The number of ether oxygens (including phenoxy) is 1. The van der Waals surface area contributed by atoms with Gasteiger partial charge in [0.1, 0.15) is 11.3 Å². The highest BCUT2D eigenvalue weighted by atomic mass is 16.5. The van der Waals surface area contributed by atoms with E-state index < -0.39 is 6.04 Å². The average molecular weight is 365 g/mol. The number of phenols is 1. The minimum Gasteiger partial charge on any atom is -0.505 e. The Bertz CT molecular complexity index is 939. The molecule has 0 fully saturated rings. The van der Waals surface area contributed by atoms with Gasteiger partial charge < -0.3 is 15.2 Å². The van der Waals surface area contributed by atoms with Gasteiger partial charge in [-0.05, 0) is 23.6 Å². The van der Waals surface area contributed by atoms with Crippen molar-refractivity contribution in [2.45, 2.75) is 26.3 Å². The number of carbonyl (C=O) groups excluding carboxylic acids is 1. The monoisotopic (exact) mass is 365 g/mol. The van der Waals surface area contributed by atoms with Crippen LogP contribution >= 0.6 is 0 Å². The summed E-state index contributed by atoms with van der Waals surface area (Å²) in [6.07, 6.45) is 3.67. The second-order valence-electron chi connectivity index (χ2n) is 6.81. The van der Waals surface area contributed by atoms with Gasteiger partial charge in [0.2, 0.25) is 11.8 Å². The first-order valence-corrected chi connectivity index (χ1v) is 8.85. The van der Waals surface area contributed by atoms with Gasteiger partial charge in [-0.15, -0.1) is 0 Å². The summed E-state index contributed by atoms with van der Waals surface area (Å²) in [4.78, 5) is 21.0. The van der Waals surface area contributed by atoms with Crippen LogP contribution in [0.3, 0.4) is 0 Å². The number of fused-ring (bicyclic) bond motifs is 1. The predicted octanol–water partition coefficient (Wildman–Crippen LogP) is 3.60. The van der Waals surface area contributed by atoms with Gasteiger partial charge in [0.15, 0.2) is 0 Å². The Balaban J connectivity index is 2.05. The van der Waals surface area contributed by atoms with Gasteiger partial charge in [-0.1, -0.05) is 32.0 Å². The number of pyridine rings is 2. The number of benzene rings is 1. The van der Waals surface area contributed by atoms with Gasteiger partial charge in [-0.3, -0.25) is 9.78 Å². The van der Waals surface area contributed by atoms with E-state index in [-0.39, 0.29) is 17.6 Å². The van der Waals surface area contributed by atoms with Gasteiger partial charge in [0.25, 0.3) is 0 Å². The summed E-state index contributed by atoms with van der Waals surface area (Å²) in [5.41, 5.74) is 1.82. The molecule has 2 aromatic heterocycles. The van der Waals surface area contributed by atoms with E-state index >= 15 is 0 Å². The molecule has 27 heavy (non-hydrogen) atoms. The van der Waals surface area contributed by atoms with Gasteiger partial charge in [0, 0.05) is 35.8 Å². The van der Waals surface area contributed by atoms with E-state index in [0.29, 0.717) is 23.4 Å². The van der Waals surface area contributed by atoms with Crippen molar-refractivity contribution >= 4 is 16.8 Å². The molecule has 3 rings (SSSR count). The first kappa shape index (κ1) is 18.6. The summed E-state index contributed by atoms with van der Waals surface area (Å²) >= 11 is 0. The third-order valence-electron chi connectivity index (χ3n) is 4.29. The van der Waals surface area contributed by atoms with Crippen molar-refractivity contribution in [3.8, 4) is 11.6 Å². The van der Waals surface area contributed by atoms with E-state index in [2.05, 4.69) is 15.3 Å². The summed E-state index contributed by atoms with van der Waals surface area (Å²) in [6.45, 7) is 3.97. The minimum absolute atomic E-state index is 0.0544. The molecule has 0 bridgehead atoms. The molecule has 1 atom stereocenters. The molecular weight excluding hydrogens is 342 g/mol. The Labute approximate surface area is 158 Å². The fourth-order valence-corrected chi connectivity index (χ4v) is 2.99. The Morgan fingerprint density at radius 3 is 2.67 bits per heavy atom. The molecule has 0 aliphatic heterocycles. The maximum Gasteiger partial charge on any atom is 0.221 e. The number of methoxy groups -OCH3 is 1. The standard InChI is InChI=1S/C21H23N3O3/c1-13(2)11-17(25)24-19(15-7-9-18(27-3)23-12-15)16-8-6-14-5-4-10-22-20(14)21(16)26/h4-10,12-13,19,26H,11H2,1-3H3,(H,24,25). The predicted molar refractivity (Wildman–Crippen MR) is 104 cm³/mol. The van der Waals surface area contributed by atoms with E-state index in [0.717, 1.165) is 10.9 Å². The summed E-state index contributed by atoms with van der Waals surface area (Å²) in [5.74, 6) is 0.673. The van der Waals surface area contributed by atoms with Crippen LogP contribution in [0.5, 0.6) is 11.6 Å². The zero-order valence-corrected chi connectivity index (χ0v) is 15.6. The van der Waals surface area contributed by atoms with Gasteiger partial charge in [-0.2, -0.15) is 0 Å². The molecule has 6 heteroatoms. The number of rotatable bonds is 6. The molecule has 1 aromatic carbocycles. The number of nitrogens with one attached hydrogen (secondary N) is 1. The van der Waals surface area contributed by atoms with E-state index in [4.69, 9.17) is 4.74 Å². The van der Waals surface area contributed by atoms with Gasteiger partial charge >= 0.3 is 0 Å². The van der Waals surface area contributed by atoms with Crippen molar-refractivity contribution < 1.29 is 14.6 Å². The van der Waals surface area contributed by atoms with E-state index in [9.17, 15) is 9.90 Å². The number of hydrogen-bond acceptors (Lipinski definition) is 5. The molecule has 0 saturated carbocycles. The summed E-state index contributed by atoms with van der Waals surface area (Å²) in [6, 6.07) is 10.4. The number of aromatic nitrogens is 2. The first-order chi connectivity index (χ1) is 13.0. The summed E-state index contributed by atoms with van der Waals surface area (Å²) < 4.78 is 5.11. The molecule has 2 heterocycles. The number of nitrogens with zero attached hydrogens (tertiary/aromatic N) is 2. The van der Waals surface area contributed by atoms with Crippen molar-refractivity contribution in [3.63, 3.8) is 0 Å². The maximum atomic E-state index is 12.5. The normalized spacial score (nSPS) is 12.1. The third-order valence-corrected chi connectivity index (χ3v) is 4.29. The van der Waals surface area contributed by atoms with Crippen molar-refractivity contribution in [3.05, 3.63) is 59.9 Å². The fourth-order valence-electron chi connectivity index (χ4n) is 2.99. The number of aromatic hydroxyl groups is 1. The molecule has 0 aliphatic rings. The van der Waals surface area contributed by atoms with Crippen LogP contribution in [0, 0.1) is 5.92 Å². The quantitative estimate of drug-likeness (QED) is 0.697. The lowest BCUT2D eigenvalue weighted by Crippen LogP contribution is -2.30. The first-order valence-electron chi connectivity index (χ1n) is 8.85. The van der Waals surface area contributed by atoms with Crippen molar-refractivity contribution in [1.82, 2.24) is 15.3 Å². The topological polar surface area (TPSA) is 84.3 Å². The number of hydrogen-bond donors (Lipinski definition) is 2. The Morgan fingerprint density at radius 1 is 1.19 bits per heavy atom. The zero-order valence-electron chi connectivity index (χ0n) is 15.6. The van der Waals surface area contributed by atoms with E-state index in [1.807, 2.05) is 44.2 Å². The van der Waals surface area contributed by atoms with Crippen molar-refractivity contribution in [1.29, 1.82) is 0 Å². The van der Waals surface area contributed by atoms with Crippen LogP contribution in [0.15, 0.2) is 48.8 Å². The highest BCUT2D eigenvalue weighted by Gasteiger charge is 2.22. The van der Waals surface area contributed by atoms with Crippen molar-refractivity contribution in [2.75, 3.05) is 7.11 Å². The maximum absolute atomic E-state index is 12.5. The Kier molecular flexibility index (Phi) is 5.54. The second-order valence-corrected chi connectivity index (χ2v) is 6.81. The van der Waals surface area contributed by atoms with Crippen molar-refractivity contribution in [2.24, 2.45) is 5.92 Å². The number of carbonyl (C=O) groups is 1. The van der Waals surface area contributed by atoms with E-state index in [1.165, 1.54) is 0 Å². The minimum atomic E-state index is -0.541. The third kappa shape index (κ3) is 4.16. The average Bonchev–Trinajstić information content (AvgIpc) is 2.66. The van der Waals surface area contributed by atoms with Crippen LogP contribution in [-0.4, -0.2) is 28.1 Å².